The second kappa shape index (κ2) is 9.54. The summed E-state index contributed by atoms with van der Waals surface area (Å²) in [6, 6.07) is 12.9. The molecule has 202 valence electrons. The van der Waals surface area contributed by atoms with Crippen molar-refractivity contribution in [2.45, 2.75) is 50.2 Å². The summed E-state index contributed by atoms with van der Waals surface area (Å²) in [4.78, 5) is 39.4. The maximum atomic E-state index is 14.6. The van der Waals surface area contributed by atoms with Crippen molar-refractivity contribution in [1.29, 1.82) is 0 Å². The van der Waals surface area contributed by atoms with Gasteiger partial charge in [0.1, 0.15) is 17.0 Å². The number of fused-ring (bicyclic) bond motifs is 2. The van der Waals surface area contributed by atoms with Crippen LogP contribution in [0.5, 0.6) is 5.75 Å². The molecule has 39 heavy (non-hydrogen) atoms. The highest BCUT2D eigenvalue weighted by molar-refractivity contribution is 6.31. The van der Waals surface area contributed by atoms with Gasteiger partial charge in [0.2, 0.25) is 11.8 Å². The minimum Gasteiger partial charge on any atom is -0.478 e. The summed E-state index contributed by atoms with van der Waals surface area (Å²) in [7, 11) is 0. The molecule has 2 amide bonds. The minimum atomic E-state index is -1.63. The average molecular weight is 571 g/mol. The molecule has 0 saturated carbocycles. The first-order valence-electron chi connectivity index (χ1n) is 12.2. The van der Waals surface area contributed by atoms with Gasteiger partial charge in [0.15, 0.2) is 5.60 Å². The summed E-state index contributed by atoms with van der Waals surface area (Å²) in [5, 5.41) is 16.3. The molecule has 1 saturated heterocycles. The lowest BCUT2D eigenvalue weighted by Crippen LogP contribution is -2.57. The molecule has 3 N–H and O–H groups in total. The lowest BCUT2D eigenvalue weighted by molar-refractivity contribution is -0.152. The number of carbonyl (C=O) groups is 3. The van der Waals surface area contributed by atoms with Crippen molar-refractivity contribution in [2.24, 2.45) is 0 Å². The number of hydrogen-bond acceptors (Lipinski definition) is 4. The van der Waals surface area contributed by atoms with E-state index in [0.717, 1.165) is 0 Å². The Morgan fingerprint density at radius 2 is 1.74 bits per heavy atom. The third-order valence-corrected chi connectivity index (χ3v) is 8.00. The molecular formula is C29H25Cl2FN2O5. The molecule has 1 spiro atoms. The lowest BCUT2D eigenvalue weighted by atomic mass is 9.59. The number of carboxylic acid groups (broad SMARTS) is 1. The maximum absolute atomic E-state index is 14.6. The van der Waals surface area contributed by atoms with Crippen LogP contribution in [0.2, 0.25) is 10.0 Å². The number of carbonyl (C=O) groups excluding carboxylic acids is 2. The highest BCUT2D eigenvalue weighted by atomic mass is 35.5. The molecule has 2 heterocycles. The number of nitrogens with one attached hydrogen (secondary N) is 2. The molecule has 0 bridgehead atoms. The molecule has 5 rings (SSSR count). The summed E-state index contributed by atoms with van der Waals surface area (Å²) in [5.74, 6) is -3.24. The lowest BCUT2D eigenvalue weighted by Gasteiger charge is -2.47. The van der Waals surface area contributed by atoms with E-state index in [2.05, 4.69) is 10.6 Å². The molecule has 2 aliphatic rings. The van der Waals surface area contributed by atoms with Gasteiger partial charge in [0.25, 0.3) is 0 Å². The van der Waals surface area contributed by atoms with Crippen LogP contribution in [0.4, 0.5) is 10.1 Å². The predicted molar refractivity (Wildman–Crippen MR) is 145 cm³/mol. The van der Waals surface area contributed by atoms with E-state index in [1.54, 1.807) is 43.3 Å². The molecule has 7 nitrogen and oxygen atoms in total. The van der Waals surface area contributed by atoms with Gasteiger partial charge in [-0.2, -0.15) is 0 Å². The smallest absolute Gasteiger partial charge is 0.347 e. The molecule has 2 aliphatic heterocycles. The summed E-state index contributed by atoms with van der Waals surface area (Å²) in [6.45, 7) is 4.57. The number of amides is 2. The number of rotatable bonds is 5. The van der Waals surface area contributed by atoms with Crippen molar-refractivity contribution in [3.63, 3.8) is 0 Å². The van der Waals surface area contributed by atoms with Gasteiger partial charge in [-0.1, -0.05) is 35.3 Å². The number of halogens is 3. The molecule has 3 aromatic carbocycles. The number of piperidine rings is 1. The Labute approximate surface area is 234 Å². The van der Waals surface area contributed by atoms with Crippen molar-refractivity contribution in [1.82, 2.24) is 5.32 Å². The topological polar surface area (TPSA) is 105 Å². The fourth-order valence-electron chi connectivity index (χ4n) is 5.65. The van der Waals surface area contributed by atoms with Crippen LogP contribution >= 0.6 is 23.2 Å². The molecule has 1 fully saturated rings. The van der Waals surface area contributed by atoms with E-state index in [-0.39, 0.29) is 18.1 Å². The number of ether oxygens (including phenoxy) is 1. The van der Waals surface area contributed by atoms with Gasteiger partial charge in [-0.3, -0.25) is 9.59 Å². The molecule has 0 aromatic heterocycles. The van der Waals surface area contributed by atoms with E-state index in [1.165, 1.54) is 32.0 Å². The molecule has 0 unspecified atom stereocenters. The van der Waals surface area contributed by atoms with Crippen LogP contribution in [0.1, 0.15) is 54.5 Å². The van der Waals surface area contributed by atoms with Crippen LogP contribution in [0, 0.1) is 12.7 Å². The molecule has 3 atom stereocenters. The van der Waals surface area contributed by atoms with Crippen LogP contribution in [0.25, 0.3) is 0 Å². The van der Waals surface area contributed by atoms with Crippen molar-refractivity contribution in [3.8, 4) is 5.75 Å². The van der Waals surface area contributed by atoms with Crippen molar-refractivity contribution in [3.05, 3.63) is 92.7 Å². The first-order chi connectivity index (χ1) is 18.3. The first-order valence-corrected chi connectivity index (χ1v) is 13.0. The van der Waals surface area contributed by atoms with Crippen LogP contribution in [0.15, 0.2) is 54.6 Å². The second-order valence-corrected chi connectivity index (χ2v) is 11.2. The van der Waals surface area contributed by atoms with Gasteiger partial charge in [0, 0.05) is 33.6 Å². The first kappa shape index (κ1) is 27.0. The van der Waals surface area contributed by atoms with Crippen molar-refractivity contribution in [2.75, 3.05) is 5.32 Å². The number of carboxylic acids is 1. The molecule has 10 heteroatoms. The van der Waals surface area contributed by atoms with E-state index in [1.807, 2.05) is 0 Å². The van der Waals surface area contributed by atoms with E-state index >= 15 is 0 Å². The summed E-state index contributed by atoms with van der Waals surface area (Å²) >= 11 is 12.7. The maximum Gasteiger partial charge on any atom is 0.347 e. The number of aliphatic carboxylic acids is 1. The van der Waals surface area contributed by atoms with Gasteiger partial charge in [-0.25, -0.2) is 9.18 Å². The Morgan fingerprint density at radius 3 is 2.46 bits per heavy atom. The van der Waals surface area contributed by atoms with Gasteiger partial charge in [-0.05, 0) is 79.9 Å². The average Bonchev–Trinajstić information content (AvgIpc) is 3.14. The normalized spacial score (nSPS) is 22.3. The van der Waals surface area contributed by atoms with E-state index in [0.29, 0.717) is 38.0 Å². The Hall–Kier alpha value is -3.62. The Balaban J connectivity index is 1.82. The highest BCUT2D eigenvalue weighted by Gasteiger charge is 2.62. The SMILES string of the molecule is Cc1ccc(F)cc1[C@H]1NC(=O)C[C@@H](c2cc(Cl)ccc2OC(C)(C)C(=O)O)[C@]12C(=O)Nc1cc(Cl)ccc12. The largest absolute Gasteiger partial charge is 0.478 e. The second-order valence-electron chi connectivity index (χ2n) is 10.4. The zero-order chi connectivity index (χ0) is 28.3. The molecule has 3 aromatic rings. The quantitative estimate of drug-likeness (QED) is 0.353. The third-order valence-electron chi connectivity index (χ3n) is 7.53. The predicted octanol–water partition coefficient (Wildman–Crippen LogP) is 5.92. The van der Waals surface area contributed by atoms with Crippen LogP contribution in [0.3, 0.4) is 0 Å². The monoisotopic (exact) mass is 570 g/mol. The summed E-state index contributed by atoms with van der Waals surface area (Å²) in [6.07, 6.45) is -0.148. The number of anilines is 1. The molecule has 0 aliphatic carbocycles. The Kier molecular flexibility index (Phi) is 6.59. The highest BCUT2D eigenvalue weighted by Crippen LogP contribution is 2.59. The molecule has 0 radical (unpaired) electrons. The van der Waals surface area contributed by atoms with Gasteiger partial charge >= 0.3 is 5.97 Å². The zero-order valence-corrected chi connectivity index (χ0v) is 22.8. The van der Waals surface area contributed by atoms with Crippen molar-refractivity contribution >= 4 is 46.7 Å². The number of aryl methyl sites for hydroxylation is 1. The van der Waals surface area contributed by atoms with Crippen LogP contribution in [-0.2, 0) is 19.8 Å². The van der Waals surface area contributed by atoms with Crippen LogP contribution < -0.4 is 15.4 Å². The number of benzene rings is 3. The number of hydrogen-bond donors (Lipinski definition) is 3. The third kappa shape index (κ3) is 4.41. The van der Waals surface area contributed by atoms with Crippen molar-refractivity contribution < 1.29 is 28.6 Å². The fourth-order valence-corrected chi connectivity index (χ4v) is 6.00. The summed E-state index contributed by atoms with van der Waals surface area (Å²) in [5.41, 5.74) is -0.615. The van der Waals surface area contributed by atoms with Gasteiger partial charge < -0.3 is 20.5 Å². The Morgan fingerprint density at radius 1 is 1.05 bits per heavy atom. The van der Waals surface area contributed by atoms with E-state index in [4.69, 9.17) is 27.9 Å². The zero-order valence-electron chi connectivity index (χ0n) is 21.3. The fraction of sp³-hybridized carbons (Fsp3) is 0.276. The summed E-state index contributed by atoms with van der Waals surface area (Å²) < 4.78 is 20.6. The minimum absolute atomic E-state index is 0.148. The molecular weight excluding hydrogens is 546 g/mol. The van der Waals surface area contributed by atoms with Gasteiger partial charge in [-0.15, -0.1) is 0 Å². The van der Waals surface area contributed by atoms with Gasteiger partial charge in [0.05, 0.1) is 6.04 Å². The Bertz CT molecular complexity index is 1540. The van der Waals surface area contributed by atoms with E-state index < -0.39 is 40.7 Å². The van der Waals surface area contributed by atoms with E-state index in [9.17, 15) is 23.9 Å². The standard InChI is InChI=1S/C29H25Cl2FN2O5/c1-14-4-7-17(32)12-18(14)25-29(20-8-5-16(31)11-22(20)33-26(29)36)21(13-24(35)34-25)19-10-15(30)6-9-23(19)39-28(2,3)27(37)38/h4-12,21,25H,13H2,1-3H3,(H,33,36)(H,34,35)(H,37,38)/t21-,25+,29-/m0/s1. The van der Waals surface area contributed by atoms with Crippen LogP contribution in [-0.4, -0.2) is 28.5 Å².